The van der Waals surface area contributed by atoms with Crippen molar-refractivity contribution in [2.45, 2.75) is 19.4 Å². The number of methoxy groups -OCH3 is 1. The molecule has 108 valence electrons. The van der Waals surface area contributed by atoms with E-state index in [4.69, 9.17) is 9.84 Å². The highest BCUT2D eigenvalue weighted by molar-refractivity contribution is 6.03. The van der Waals surface area contributed by atoms with E-state index in [-0.39, 0.29) is 23.3 Å². The van der Waals surface area contributed by atoms with Crippen molar-refractivity contribution in [1.29, 1.82) is 0 Å². The molecule has 1 aromatic rings. The molecule has 20 heavy (non-hydrogen) atoms. The Morgan fingerprint density at radius 2 is 2.25 bits per heavy atom. The Morgan fingerprint density at radius 3 is 2.90 bits per heavy atom. The monoisotopic (exact) mass is 278 g/mol. The summed E-state index contributed by atoms with van der Waals surface area (Å²) in [5.74, 6) is -1.11. The third-order valence-corrected chi connectivity index (χ3v) is 3.72. The highest BCUT2D eigenvalue weighted by Crippen LogP contribution is 2.21. The molecular formula is C14H18N2O4. The number of aromatic nitrogens is 1. The Morgan fingerprint density at radius 1 is 1.50 bits per heavy atom. The Bertz CT molecular complexity index is 518. The summed E-state index contributed by atoms with van der Waals surface area (Å²) in [7, 11) is 1.62. The summed E-state index contributed by atoms with van der Waals surface area (Å²) in [6, 6.07) is 2.90. The fourth-order valence-corrected chi connectivity index (χ4v) is 2.42. The molecule has 1 N–H and O–H groups in total. The highest BCUT2D eigenvalue weighted by atomic mass is 16.5. The van der Waals surface area contributed by atoms with Crippen LogP contribution in [0.3, 0.4) is 0 Å². The van der Waals surface area contributed by atoms with Crippen molar-refractivity contribution >= 4 is 11.9 Å². The lowest BCUT2D eigenvalue weighted by Crippen LogP contribution is -2.47. The second-order valence-electron chi connectivity index (χ2n) is 5.00. The molecule has 0 aromatic carbocycles. The van der Waals surface area contributed by atoms with Gasteiger partial charge in [0.25, 0.3) is 5.91 Å². The number of aromatic carboxylic acids is 1. The average molecular weight is 278 g/mol. The van der Waals surface area contributed by atoms with Crippen molar-refractivity contribution in [2.75, 3.05) is 20.2 Å². The number of rotatable bonds is 3. The van der Waals surface area contributed by atoms with Gasteiger partial charge in [0, 0.05) is 26.4 Å². The molecule has 1 amide bonds. The number of likely N-dealkylation sites (tertiary alicyclic amines) is 1. The summed E-state index contributed by atoms with van der Waals surface area (Å²) in [5, 5.41) is 9.12. The molecule has 1 aliphatic rings. The molecule has 1 aromatic heterocycles. The normalized spacial score (nSPS) is 22.6. The average Bonchev–Trinajstić information content (AvgIpc) is 2.47. The van der Waals surface area contributed by atoms with E-state index in [0.29, 0.717) is 19.0 Å². The molecular weight excluding hydrogens is 260 g/mol. The number of ether oxygens (including phenoxy) is 1. The summed E-state index contributed by atoms with van der Waals surface area (Å²) < 4.78 is 5.37. The molecule has 1 aliphatic heterocycles. The van der Waals surface area contributed by atoms with Gasteiger partial charge in [-0.15, -0.1) is 0 Å². The molecule has 2 rings (SSSR count). The summed E-state index contributed by atoms with van der Waals surface area (Å²) in [6.45, 7) is 3.14. The van der Waals surface area contributed by atoms with Crippen LogP contribution in [0.15, 0.2) is 18.3 Å². The topological polar surface area (TPSA) is 79.7 Å². The molecule has 1 saturated heterocycles. The first kappa shape index (κ1) is 14.5. The van der Waals surface area contributed by atoms with Crippen molar-refractivity contribution in [2.24, 2.45) is 5.92 Å². The lowest BCUT2D eigenvalue weighted by molar-refractivity contribution is -0.00185. The minimum Gasteiger partial charge on any atom is -0.478 e. The zero-order valence-corrected chi connectivity index (χ0v) is 11.6. The van der Waals surface area contributed by atoms with Gasteiger partial charge in [-0.25, -0.2) is 4.79 Å². The van der Waals surface area contributed by atoms with Gasteiger partial charge in [0.05, 0.1) is 11.7 Å². The molecule has 0 spiro atoms. The number of piperidine rings is 1. The number of carboxylic acid groups (broad SMARTS) is 1. The Kier molecular flexibility index (Phi) is 4.34. The molecule has 2 heterocycles. The van der Waals surface area contributed by atoms with Crippen LogP contribution >= 0.6 is 0 Å². The standard InChI is InChI=1S/C14H18N2O4/c1-9-5-7-16(8-11(9)20-2)13(17)12-10(14(18)19)4-3-6-15-12/h3-4,6,9,11H,5,7-8H2,1-2H3,(H,18,19). The van der Waals surface area contributed by atoms with Crippen LogP contribution in [0, 0.1) is 5.92 Å². The predicted octanol–water partition coefficient (Wildman–Crippen LogP) is 1.28. The van der Waals surface area contributed by atoms with Crippen LogP contribution in [0.25, 0.3) is 0 Å². The third-order valence-electron chi connectivity index (χ3n) is 3.72. The summed E-state index contributed by atoms with van der Waals surface area (Å²) in [5.41, 5.74) is -0.0745. The Labute approximate surface area is 117 Å². The number of nitrogens with zero attached hydrogens (tertiary/aromatic N) is 2. The summed E-state index contributed by atoms with van der Waals surface area (Å²) >= 11 is 0. The first-order chi connectivity index (χ1) is 9.54. The zero-order valence-electron chi connectivity index (χ0n) is 11.6. The van der Waals surface area contributed by atoms with Crippen LogP contribution in [0.2, 0.25) is 0 Å². The molecule has 0 aliphatic carbocycles. The van der Waals surface area contributed by atoms with Crippen LogP contribution in [0.1, 0.15) is 34.2 Å². The van der Waals surface area contributed by atoms with Crippen LogP contribution in [-0.4, -0.2) is 53.2 Å². The van der Waals surface area contributed by atoms with E-state index < -0.39 is 5.97 Å². The second kappa shape index (κ2) is 6.00. The lowest BCUT2D eigenvalue weighted by Gasteiger charge is -2.36. The molecule has 2 unspecified atom stereocenters. The van der Waals surface area contributed by atoms with Crippen LogP contribution in [0.5, 0.6) is 0 Å². The maximum absolute atomic E-state index is 12.4. The maximum Gasteiger partial charge on any atom is 0.338 e. The van der Waals surface area contributed by atoms with E-state index in [2.05, 4.69) is 11.9 Å². The fraction of sp³-hybridized carbons (Fsp3) is 0.500. The van der Waals surface area contributed by atoms with Gasteiger partial charge in [-0.2, -0.15) is 0 Å². The van der Waals surface area contributed by atoms with E-state index in [0.717, 1.165) is 6.42 Å². The van der Waals surface area contributed by atoms with E-state index >= 15 is 0 Å². The van der Waals surface area contributed by atoms with Gasteiger partial charge >= 0.3 is 5.97 Å². The molecule has 6 nitrogen and oxygen atoms in total. The molecule has 0 saturated carbocycles. The van der Waals surface area contributed by atoms with Gasteiger partial charge in [-0.3, -0.25) is 9.78 Å². The quantitative estimate of drug-likeness (QED) is 0.900. The van der Waals surface area contributed by atoms with Gasteiger partial charge in [-0.05, 0) is 24.5 Å². The van der Waals surface area contributed by atoms with E-state index in [1.807, 2.05) is 0 Å². The predicted molar refractivity (Wildman–Crippen MR) is 71.7 cm³/mol. The van der Waals surface area contributed by atoms with Crippen LogP contribution in [-0.2, 0) is 4.74 Å². The second-order valence-corrected chi connectivity index (χ2v) is 5.00. The van der Waals surface area contributed by atoms with Gasteiger partial charge in [0.2, 0.25) is 0 Å². The molecule has 0 bridgehead atoms. The van der Waals surface area contributed by atoms with Gasteiger partial charge < -0.3 is 14.7 Å². The highest BCUT2D eigenvalue weighted by Gasteiger charge is 2.31. The Hall–Kier alpha value is -1.95. The minimum absolute atomic E-state index is 0.00981. The number of carbonyl (C=O) groups excluding carboxylic acids is 1. The van der Waals surface area contributed by atoms with Crippen molar-refractivity contribution in [3.63, 3.8) is 0 Å². The maximum atomic E-state index is 12.4. The number of pyridine rings is 1. The van der Waals surface area contributed by atoms with Gasteiger partial charge in [-0.1, -0.05) is 6.92 Å². The van der Waals surface area contributed by atoms with Crippen molar-refractivity contribution in [3.8, 4) is 0 Å². The SMILES string of the molecule is COC1CN(C(=O)c2ncccc2C(=O)O)CCC1C. The fourth-order valence-electron chi connectivity index (χ4n) is 2.42. The smallest absolute Gasteiger partial charge is 0.338 e. The van der Waals surface area contributed by atoms with Crippen molar-refractivity contribution in [3.05, 3.63) is 29.6 Å². The van der Waals surface area contributed by atoms with Crippen LogP contribution in [0.4, 0.5) is 0 Å². The third kappa shape index (κ3) is 2.80. The van der Waals surface area contributed by atoms with E-state index in [1.54, 1.807) is 12.0 Å². The Balaban J connectivity index is 2.22. The number of hydrogen-bond acceptors (Lipinski definition) is 4. The first-order valence-corrected chi connectivity index (χ1v) is 6.55. The minimum atomic E-state index is -1.14. The summed E-state index contributed by atoms with van der Waals surface area (Å²) in [6.07, 6.45) is 2.24. The molecule has 6 heteroatoms. The molecule has 2 atom stereocenters. The van der Waals surface area contributed by atoms with Crippen molar-refractivity contribution in [1.82, 2.24) is 9.88 Å². The number of hydrogen-bond donors (Lipinski definition) is 1. The van der Waals surface area contributed by atoms with Gasteiger partial charge in [0.1, 0.15) is 5.69 Å². The first-order valence-electron chi connectivity index (χ1n) is 6.55. The largest absolute Gasteiger partial charge is 0.478 e. The molecule has 0 radical (unpaired) electrons. The number of amides is 1. The van der Waals surface area contributed by atoms with Crippen LogP contribution < -0.4 is 0 Å². The number of carboxylic acids is 1. The van der Waals surface area contributed by atoms with Crippen molar-refractivity contribution < 1.29 is 19.4 Å². The molecule has 1 fully saturated rings. The summed E-state index contributed by atoms with van der Waals surface area (Å²) in [4.78, 5) is 29.1. The van der Waals surface area contributed by atoms with E-state index in [9.17, 15) is 9.59 Å². The number of carbonyl (C=O) groups is 2. The van der Waals surface area contributed by atoms with Gasteiger partial charge in [0.15, 0.2) is 0 Å². The van der Waals surface area contributed by atoms with E-state index in [1.165, 1.54) is 18.3 Å². The zero-order chi connectivity index (χ0) is 14.7. The lowest BCUT2D eigenvalue weighted by atomic mass is 9.95.